The Bertz CT molecular complexity index is 1420. The van der Waals surface area contributed by atoms with E-state index in [4.69, 9.17) is 14.2 Å². The van der Waals surface area contributed by atoms with E-state index in [0.29, 0.717) is 19.3 Å². The Morgan fingerprint density at radius 1 is 0.304 bits per heavy atom. The summed E-state index contributed by atoms with van der Waals surface area (Å²) in [5, 5.41) is 0. The highest BCUT2D eigenvalue weighted by Crippen LogP contribution is 2.14. The Morgan fingerprint density at radius 2 is 0.580 bits per heavy atom. The van der Waals surface area contributed by atoms with E-state index in [1.807, 2.05) is 0 Å². The highest BCUT2D eigenvalue weighted by Gasteiger charge is 2.19. The summed E-state index contributed by atoms with van der Waals surface area (Å²) in [6.07, 6.45) is 76.6. The first-order valence-electron chi connectivity index (χ1n) is 28.4. The molecule has 0 rings (SSSR count). The van der Waals surface area contributed by atoms with Gasteiger partial charge in [0.15, 0.2) is 6.10 Å². The van der Waals surface area contributed by atoms with Crippen molar-refractivity contribution in [2.75, 3.05) is 13.2 Å². The van der Waals surface area contributed by atoms with E-state index >= 15 is 0 Å². The van der Waals surface area contributed by atoms with Gasteiger partial charge in [-0.05, 0) is 103 Å². The first kappa shape index (κ1) is 65.1. The molecule has 6 nitrogen and oxygen atoms in total. The van der Waals surface area contributed by atoms with Gasteiger partial charge in [0, 0.05) is 19.3 Å². The third-order valence-electron chi connectivity index (χ3n) is 11.8. The lowest BCUT2D eigenvalue weighted by Gasteiger charge is -2.18. The number of esters is 3. The monoisotopic (exact) mass is 957 g/mol. The van der Waals surface area contributed by atoms with E-state index < -0.39 is 6.10 Å². The summed E-state index contributed by atoms with van der Waals surface area (Å²) < 4.78 is 16.8. The minimum absolute atomic E-state index is 0.0978. The Morgan fingerprint density at radius 3 is 0.971 bits per heavy atom. The summed E-state index contributed by atoms with van der Waals surface area (Å²) in [7, 11) is 0. The molecule has 6 heteroatoms. The number of hydrogen-bond acceptors (Lipinski definition) is 6. The van der Waals surface area contributed by atoms with Crippen molar-refractivity contribution in [3.05, 3.63) is 109 Å². The van der Waals surface area contributed by atoms with Gasteiger partial charge >= 0.3 is 17.9 Å². The standard InChI is InChI=1S/C63H104O6/c1-4-7-10-13-16-19-21-23-25-27-29-30-31-32-34-35-37-39-41-44-47-50-53-56-62(65)68-59-60(58-67-61(64)55-52-49-46-43-18-15-12-9-6-3)69-63(66)57-54-51-48-45-42-40-38-36-33-28-26-24-22-20-17-14-11-8-5-2/h7,10,16-17,19-20,23-26,29-30,32,34,37,39,44,47,60H,4-6,8-9,11-15,18,21-22,27-28,31,33,35-36,38,40-43,45-46,48-59H2,1-3H3/b10-7-,19-16-,20-17-,25-23-,26-24-,30-29-,34-32-,39-37-,47-44-. The molecule has 0 spiro atoms. The van der Waals surface area contributed by atoms with E-state index in [1.165, 1.54) is 109 Å². The lowest BCUT2D eigenvalue weighted by atomic mass is 10.1. The third-order valence-corrected chi connectivity index (χ3v) is 11.8. The lowest BCUT2D eigenvalue weighted by Crippen LogP contribution is -2.30. The molecule has 0 aliphatic heterocycles. The Hall–Kier alpha value is -3.93. The van der Waals surface area contributed by atoms with Crippen LogP contribution in [0.2, 0.25) is 0 Å². The van der Waals surface area contributed by atoms with Crippen LogP contribution in [0.3, 0.4) is 0 Å². The Labute approximate surface area is 425 Å². The summed E-state index contributed by atoms with van der Waals surface area (Å²) >= 11 is 0. The van der Waals surface area contributed by atoms with E-state index in [0.717, 1.165) is 96.3 Å². The van der Waals surface area contributed by atoms with Gasteiger partial charge in [-0.1, -0.05) is 239 Å². The molecule has 0 aliphatic carbocycles. The quantitative estimate of drug-likeness (QED) is 0.0262. The molecule has 0 aromatic heterocycles. The summed E-state index contributed by atoms with van der Waals surface area (Å²) in [6.45, 7) is 6.43. The first-order valence-corrected chi connectivity index (χ1v) is 28.4. The smallest absolute Gasteiger partial charge is 0.306 e. The van der Waals surface area contributed by atoms with E-state index in [1.54, 1.807) is 0 Å². The topological polar surface area (TPSA) is 78.9 Å². The SMILES string of the molecule is CC/C=C\C/C=C\C/C=C\C/C=C\C/C=C\C/C=C\C/C=C\CCCC(=O)OCC(COC(=O)CCCCCCCCCCC)OC(=O)CCCCCCCCCCC/C=C\C/C=C\CCCCC. The van der Waals surface area contributed by atoms with Crippen molar-refractivity contribution in [2.45, 2.75) is 258 Å². The number of carbonyl (C=O) groups excluding carboxylic acids is 3. The molecule has 0 saturated carbocycles. The van der Waals surface area contributed by atoms with E-state index in [2.05, 4.69) is 130 Å². The van der Waals surface area contributed by atoms with Gasteiger partial charge < -0.3 is 14.2 Å². The van der Waals surface area contributed by atoms with Crippen molar-refractivity contribution < 1.29 is 28.6 Å². The average Bonchev–Trinajstić information content (AvgIpc) is 3.35. The van der Waals surface area contributed by atoms with Crippen LogP contribution >= 0.6 is 0 Å². The molecule has 392 valence electrons. The van der Waals surface area contributed by atoms with E-state index in [9.17, 15) is 14.4 Å². The zero-order chi connectivity index (χ0) is 50.0. The van der Waals surface area contributed by atoms with Crippen LogP contribution in [0.1, 0.15) is 252 Å². The van der Waals surface area contributed by atoms with Crippen LogP contribution in [-0.2, 0) is 28.6 Å². The predicted molar refractivity (Wildman–Crippen MR) is 297 cm³/mol. The molecule has 0 saturated heterocycles. The second-order valence-corrected chi connectivity index (χ2v) is 18.5. The molecule has 69 heavy (non-hydrogen) atoms. The molecular weight excluding hydrogens is 853 g/mol. The zero-order valence-corrected chi connectivity index (χ0v) is 44.8. The second-order valence-electron chi connectivity index (χ2n) is 18.5. The Kier molecular flexibility index (Phi) is 53.4. The van der Waals surface area contributed by atoms with Gasteiger partial charge in [0.2, 0.25) is 0 Å². The molecule has 0 bridgehead atoms. The van der Waals surface area contributed by atoms with E-state index in [-0.39, 0.29) is 37.5 Å². The van der Waals surface area contributed by atoms with Crippen molar-refractivity contribution in [3.8, 4) is 0 Å². The van der Waals surface area contributed by atoms with Gasteiger partial charge in [-0.15, -0.1) is 0 Å². The number of carbonyl (C=O) groups is 3. The highest BCUT2D eigenvalue weighted by atomic mass is 16.6. The number of hydrogen-bond donors (Lipinski definition) is 0. The van der Waals surface area contributed by atoms with Crippen LogP contribution < -0.4 is 0 Å². The maximum Gasteiger partial charge on any atom is 0.306 e. The minimum atomic E-state index is -0.803. The molecule has 1 atom stereocenters. The van der Waals surface area contributed by atoms with Crippen molar-refractivity contribution in [2.24, 2.45) is 0 Å². The van der Waals surface area contributed by atoms with Crippen molar-refractivity contribution in [1.82, 2.24) is 0 Å². The van der Waals surface area contributed by atoms with Crippen LogP contribution in [0.15, 0.2) is 109 Å². The van der Waals surface area contributed by atoms with Crippen LogP contribution in [0, 0.1) is 0 Å². The molecule has 0 amide bonds. The van der Waals surface area contributed by atoms with Crippen LogP contribution in [0.5, 0.6) is 0 Å². The van der Waals surface area contributed by atoms with Crippen molar-refractivity contribution in [1.29, 1.82) is 0 Å². The number of rotatable bonds is 50. The van der Waals surface area contributed by atoms with Crippen LogP contribution in [0.25, 0.3) is 0 Å². The van der Waals surface area contributed by atoms with Gasteiger partial charge in [-0.3, -0.25) is 14.4 Å². The maximum atomic E-state index is 12.8. The summed E-state index contributed by atoms with van der Waals surface area (Å²) in [5.74, 6) is -0.967. The fourth-order valence-corrected chi connectivity index (χ4v) is 7.52. The van der Waals surface area contributed by atoms with Crippen LogP contribution in [-0.4, -0.2) is 37.2 Å². The van der Waals surface area contributed by atoms with Crippen LogP contribution in [0.4, 0.5) is 0 Å². The molecule has 0 heterocycles. The minimum Gasteiger partial charge on any atom is -0.462 e. The molecule has 0 aromatic rings. The summed E-state index contributed by atoms with van der Waals surface area (Å²) in [6, 6.07) is 0. The van der Waals surface area contributed by atoms with Gasteiger partial charge in [-0.2, -0.15) is 0 Å². The van der Waals surface area contributed by atoms with Gasteiger partial charge in [0.05, 0.1) is 0 Å². The van der Waals surface area contributed by atoms with Crippen molar-refractivity contribution in [3.63, 3.8) is 0 Å². The lowest BCUT2D eigenvalue weighted by molar-refractivity contribution is -0.167. The molecule has 0 fully saturated rings. The highest BCUT2D eigenvalue weighted by molar-refractivity contribution is 5.71. The van der Waals surface area contributed by atoms with Gasteiger partial charge in [0.25, 0.3) is 0 Å². The van der Waals surface area contributed by atoms with Crippen molar-refractivity contribution >= 4 is 17.9 Å². The molecule has 0 N–H and O–H groups in total. The molecule has 1 unspecified atom stereocenters. The molecular formula is C63H104O6. The Balaban J connectivity index is 4.40. The first-order chi connectivity index (χ1) is 34.0. The molecule has 0 aliphatic rings. The summed E-state index contributed by atoms with van der Waals surface area (Å²) in [4.78, 5) is 38.0. The second kappa shape index (κ2) is 56.7. The fourth-order valence-electron chi connectivity index (χ4n) is 7.52. The fraction of sp³-hybridized carbons (Fsp3) is 0.667. The maximum absolute atomic E-state index is 12.8. The number of allylic oxidation sites excluding steroid dienone is 18. The normalized spacial score (nSPS) is 12.9. The third kappa shape index (κ3) is 54.9. The average molecular weight is 958 g/mol. The largest absolute Gasteiger partial charge is 0.462 e. The molecule has 0 radical (unpaired) electrons. The number of unbranched alkanes of at least 4 members (excludes halogenated alkanes) is 21. The molecule has 0 aromatic carbocycles. The number of ether oxygens (including phenoxy) is 3. The zero-order valence-electron chi connectivity index (χ0n) is 44.8. The summed E-state index contributed by atoms with van der Waals surface area (Å²) in [5.41, 5.74) is 0. The van der Waals surface area contributed by atoms with Gasteiger partial charge in [-0.25, -0.2) is 0 Å². The van der Waals surface area contributed by atoms with Gasteiger partial charge in [0.1, 0.15) is 13.2 Å². The predicted octanol–water partition coefficient (Wildman–Crippen LogP) is 19.1.